The maximum absolute atomic E-state index is 13.8. The molecule has 0 spiro atoms. The Labute approximate surface area is 117 Å². The van der Waals surface area contributed by atoms with Gasteiger partial charge in [0.05, 0.1) is 13.2 Å². The minimum Gasteiger partial charge on any atom is -0.378 e. The van der Waals surface area contributed by atoms with Gasteiger partial charge in [0.2, 0.25) is 11.9 Å². The first kappa shape index (κ1) is 13.7. The zero-order chi connectivity index (χ0) is 15.0. The lowest BCUT2D eigenvalue weighted by atomic mass is 10.3. The molecule has 1 fully saturated rings. The van der Waals surface area contributed by atoms with Crippen molar-refractivity contribution in [2.24, 2.45) is 0 Å². The van der Waals surface area contributed by atoms with Crippen molar-refractivity contribution in [3.05, 3.63) is 29.6 Å². The van der Waals surface area contributed by atoms with Crippen LogP contribution >= 0.6 is 0 Å². The highest BCUT2D eigenvalue weighted by atomic mass is 19.2. The number of benzene rings is 1. The van der Waals surface area contributed by atoms with Gasteiger partial charge >= 0.3 is 0 Å². The quantitative estimate of drug-likeness (QED) is 0.841. The van der Waals surface area contributed by atoms with Crippen LogP contribution in [0.25, 0.3) is 5.69 Å². The van der Waals surface area contributed by atoms with Gasteiger partial charge in [0.15, 0.2) is 17.5 Å². The fourth-order valence-corrected chi connectivity index (χ4v) is 2.06. The summed E-state index contributed by atoms with van der Waals surface area (Å²) in [7, 11) is 0. The lowest BCUT2D eigenvalue weighted by Gasteiger charge is -2.25. The molecule has 2 N–H and O–H groups in total. The van der Waals surface area contributed by atoms with Crippen molar-refractivity contribution in [1.82, 2.24) is 14.8 Å². The summed E-state index contributed by atoms with van der Waals surface area (Å²) in [4.78, 5) is 5.83. The average molecular weight is 299 g/mol. The largest absolute Gasteiger partial charge is 0.378 e. The first-order valence-corrected chi connectivity index (χ1v) is 6.26. The summed E-state index contributed by atoms with van der Waals surface area (Å²) in [6.07, 6.45) is 0. The number of nitrogens with zero attached hydrogens (tertiary/aromatic N) is 4. The second-order valence-electron chi connectivity index (χ2n) is 4.50. The zero-order valence-electron chi connectivity index (χ0n) is 10.9. The van der Waals surface area contributed by atoms with Crippen LogP contribution in [0, 0.1) is 17.5 Å². The van der Waals surface area contributed by atoms with E-state index in [0.717, 1.165) is 4.68 Å². The van der Waals surface area contributed by atoms with E-state index in [1.165, 1.54) is 0 Å². The van der Waals surface area contributed by atoms with E-state index in [-0.39, 0.29) is 11.6 Å². The molecule has 1 aliphatic rings. The van der Waals surface area contributed by atoms with Gasteiger partial charge in [0.1, 0.15) is 5.69 Å². The van der Waals surface area contributed by atoms with Gasteiger partial charge in [-0.1, -0.05) is 0 Å². The molecule has 6 nitrogen and oxygen atoms in total. The summed E-state index contributed by atoms with van der Waals surface area (Å²) in [6, 6.07) is 1.14. The van der Waals surface area contributed by atoms with Crippen molar-refractivity contribution in [1.29, 1.82) is 0 Å². The molecule has 0 unspecified atom stereocenters. The molecule has 1 aromatic heterocycles. The number of halogens is 3. The average Bonchev–Trinajstić information content (AvgIpc) is 2.86. The lowest BCUT2D eigenvalue weighted by Crippen LogP contribution is -2.37. The van der Waals surface area contributed by atoms with Crippen LogP contribution in [0.4, 0.5) is 25.1 Å². The third-order valence-corrected chi connectivity index (χ3v) is 3.13. The molecule has 3 rings (SSSR count). The van der Waals surface area contributed by atoms with Crippen molar-refractivity contribution in [2.75, 3.05) is 36.9 Å². The predicted octanol–water partition coefficient (Wildman–Crippen LogP) is 1.10. The number of hydrogen-bond acceptors (Lipinski definition) is 5. The van der Waals surface area contributed by atoms with E-state index in [2.05, 4.69) is 10.1 Å². The Kier molecular flexibility index (Phi) is 3.42. The fourth-order valence-electron chi connectivity index (χ4n) is 2.06. The highest BCUT2D eigenvalue weighted by molar-refractivity contribution is 5.44. The Morgan fingerprint density at radius 1 is 1.05 bits per heavy atom. The highest BCUT2D eigenvalue weighted by Gasteiger charge is 2.20. The second kappa shape index (κ2) is 5.24. The van der Waals surface area contributed by atoms with Crippen LogP contribution in [0.5, 0.6) is 0 Å². The van der Waals surface area contributed by atoms with Crippen LogP contribution in [0.3, 0.4) is 0 Å². The van der Waals surface area contributed by atoms with E-state index < -0.39 is 17.5 Å². The van der Waals surface area contributed by atoms with Crippen molar-refractivity contribution in [3.8, 4) is 5.69 Å². The number of hydrogen-bond donors (Lipinski definition) is 1. The lowest BCUT2D eigenvalue weighted by molar-refractivity contribution is 0.122. The Balaban J connectivity index is 1.99. The number of nitrogen functional groups attached to an aromatic ring is 1. The second-order valence-corrected chi connectivity index (χ2v) is 4.50. The highest BCUT2D eigenvalue weighted by Crippen LogP contribution is 2.21. The van der Waals surface area contributed by atoms with Gasteiger partial charge in [0.25, 0.3) is 0 Å². The number of ether oxygens (including phenoxy) is 1. The van der Waals surface area contributed by atoms with E-state index in [4.69, 9.17) is 10.5 Å². The van der Waals surface area contributed by atoms with Crippen molar-refractivity contribution < 1.29 is 17.9 Å². The molecule has 2 heterocycles. The summed E-state index contributed by atoms with van der Waals surface area (Å²) in [5, 5.41) is 4.06. The van der Waals surface area contributed by atoms with Crippen LogP contribution < -0.4 is 10.6 Å². The summed E-state index contributed by atoms with van der Waals surface area (Å²) >= 11 is 0. The SMILES string of the molecule is Nc1nc(N2CCOCC2)nn1-c1cc(F)c(F)cc1F. The van der Waals surface area contributed by atoms with E-state index in [1.807, 2.05) is 4.90 Å². The Morgan fingerprint density at radius 2 is 1.71 bits per heavy atom. The van der Waals surface area contributed by atoms with Crippen LogP contribution in [-0.4, -0.2) is 41.1 Å². The van der Waals surface area contributed by atoms with Crippen LogP contribution in [-0.2, 0) is 4.74 Å². The zero-order valence-corrected chi connectivity index (χ0v) is 10.9. The van der Waals surface area contributed by atoms with E-state index in [9.17, 15) is 13.2 Å². The summed E-state index contributed by atoms with van der Waals surface area (Å²) in [5.41, 5.74) is 5.39. The van der Waals surface area contributed by atoms with Gasteiger partial charge in [-0.25, -0.2) is 13.2 Å². The predicted molar refractivity (Wildman–Crippen MR) is 68.7 cm³/mol. The normalized spacial score (nSPS) is 15.5. The van der Waals surface area contributed by atoms with Crippen molar-refractivity contribution in [2.45, 2.75) is 0 Å². The number of nitrogens with two attached hydrogens (primary N) is 1. The Hall–Kier alpha value is -2.29. The van der Waals surface area contributed by atoms with Gasteiger partial charge in [-0.05, 0) is 0 Å². The third-order valence-electron chi connectivity index (χ3n) is 3.13. The number of anilines is 2. The summed E-state index contributed by atoms with van der Waals surface area (Å²) in [5.74, 6) is -3.25. The molecule has 9 heteroatoms. The van der Waals surface area contributed by atoms with Gasteiger partial charge in [-0.2, -0.15) is 9.67 Å². The Morgan fingerprint density at radius 3 is 2.43 bits per heavy atom. The maximum Gasteiger partial charge on any atom is 0.247 e. The molecule has 0 radical (unpaired) electrons. The van der Waals surface area contributed by atoms with E-state index in [1.54, 1.807) is 0 Å². The van der Waals surface area contributed by atoms with Gasteiger partial charge in [-0.15, -0.1) is 5.10 Å². The Bertz CT molecular complexity index is 669. The molecule has 1 saturated heterocycles. The molecular weight excluding hydrogens is 287 g/mol. The summed E-state index contributed by atoms with van der Waals surface area (Å²) < 4.78 is 46.1. The molecule has 0 amide bonds. The number of aromatic nitrogens is 3. The van der Waals surface area contributed by atoms with E-state index in [0.29, 0.717) is 44.4 Å². The minimum atomic E-state index is -1.27. The fraction of sp³-hybridized carbons (Fsp3) is 0.333. The summed E-state index contributed by atoms with van der Waals surface area (Å²) in [6.45, 7) is 2.19. The number of morpholine rings is 1. The van der Waals surface area contributed by atoms with Crippen LogP contribution in [0.15, 0.2) is 12.1 Å². The van der Waals surface area contributed by atoms with Gasteiger partial charge in [0, 0.05) is 25.2 Å². The topological polar surface area (TPSA) is 69.2 Å². The molecule has 112 valence electrons. The standard InChI is InChI=1S/C12H12F3N5O/c13-7-5-9(15)10(6-8(7)14)20-11(16)17-12(18-20)19-1-3-21-4-2-19/h5-6H,1-4H2,(H2,16,17,18). The first-order chi connectivity index (χ1) is 10.1. The van der Waals surface area contributed by atoms with Crippen molar-refractivity contribution in [3.63, 3.8) is 0 Å². The van der Waals surface area contributed by atoms with Gasteiger partial charge in [-0.3, -0.25) is 0 Å². The first-order valence-electron chi connectivity index (χ1n) is 6.26. The van der Waals surface area contributed by atoms with Crippen molar-refractivity contribution >= 4 is 11.9 Å². The molecular formula is C12H12F3N5O. The van der Waals surface area contributed by atoms with Gasteiger partial charge < -0.3 is 15.4 Å². The van der Waals surface area contributed by atoms with Crippen LogP contribution in [0.2, 0.25) is 0 Å². The van der Waals surface area contributed by atoms with E-state index >= 15 is 0 Å². The molecule has 0 saturated carbocycles. The van der Waals surface area contributed by atoms with Crippen LogP contribution in [0.1, 0.15) is 0 Å². The molecule has 21 heavy (non-hydrogen) atoms. The molecule has 0 bridgehead atoms. The minimum absolute atomic E-state index is 0.110. The smallest absolute Gasteiger partial charge is 0.247 e. The number of rotatable bonds is 2. The molecule has 2 aromatic rings. The monoisotopic (exact) mass is 299 g/mol. The molecule has 0 atom stereocenters. The molecule has 1 aliphatic heterocycles. The third kappa shape index (κ3) is 2.51. The molecule has 0 aliphatic carbocycles. The molecule has 1 aromatic carbocycles. The maximum atomic E-state index is 13.8.